The fourth-order valence-corrected chi connectivity index (χ4v) is 4.57. The minimum absolute atomic E-state index is 0.0228. The smallest absolute Gasteiger partial charge is 0.258 e. The third-order valence-electron chi connectivity index (χ3n) is 6.24. The van der Waals surface area contributed by atoms with Crippen molar-refractivity contribution in [2.75, 3.05) is 11.4 Å². The number of carbonyl (C=O) groups is 2. The summed E-state index contributed by atoms with van der Waals surface area (Å²) in [6, 6.07) is 11.5. The highest BCUT2D eigenvalue weighted by Crippen LogP contribution is 2.30. The number of fused-ring (bicyclic) bond motifs is 1. The van der Waals surface area contributed by atoms with Gasteiger partial charge in [-0.25, -0.2) is 4.39 Å². The van der Waals surface area contributed by atoms with Gasteiger partial charge in [-0.15, -0.1) is 0 Å². The van der Waals surface area contributed by atoms with E-state index in [1.54, 1.807) is 4.90 Å². The molecule has 1 aliphatic carbocycles. The molecule has 0 saturated heterocycles. The molecular formula is C25H29FN2O2. The van der Waals surface area contributed by atoms with E-state index in [1.165, 1.54) is 56.4 Å². The standard InChI is InChI=1S/C25H29FN2O2/c26-21-13-10-18(11-14-21)25(30)28-16-6-7-19-17-20(12-15-23(19)28)24(29)27-22-8-4-2-1-3-5-9-22/h10-15,17,22H,1-9,16H2,(H,27,29). The maximum atomic E-state index is 13.2. The fraction of sp³-hybridized carbons (Fsp3) is 0.440. The molecule has 4 rings (SSSR count). The number of halogens is 1. The lowest BCUT2D eigenvalue weighted by Gasteiger charge is -2.30. The van der Waals surface area contributed by atoms with E-state index in [2.05, 4.69) is 5.32 Å². The van der Waals surface area contributed by atoms with Gasteiger partial charge in [0.25, 0.3) is 11.8 Å². The molecule has 30 heavy (non-hydrogen) atoms. The van der Waals surface area contributed by atoms with Gasteiger partial charge in [-0.2, -0.15) is 0 Å². The molecule has 2 aromatic rings. The summed E-state index contributed by atoms with van der Waals surface area (Å²) in [6.07, 6.45) is 9.95. The van der Waals surface area contributed by atoms with E-state index in [4.69, 9.17) is 0 Å². The number of hydrogen-bond donors (Lipinski definition) is 1. The number of nitrogens with one attached hydrogen (secondary N) is 1. The highest BCUT2D eigenvalue weighted by atomic mass is 19.1. The van der Waals surface area contributed by atoms with Gasteiger partial charge in [0.2, 0.25) is 0 Å². The van der Waals surface area contributed by atoms with Gasteiger partial charge < -0.3 is 10.2 Å². The van der Waals surface area contributed by atoms with E-state index in [1.807, 2.05) is 18.2 Å². The fourth-order valence-electron chi connectivity index (χ4n) is 4.57. The van der Waals surface area contributed by atoms with Crippen LogP contribution in [-0.2, 0) is 6.42 Å². The van der Waals surface area contributed by atoms with Crippen molar-refractivity contribution in [3.05, 3.63) is 65.0 Å². The molecule has 0 spiro atoms. The van der Waals surface area contributed by atoms with Gasteiger partial charge >= 0.3 is 0 Å². The Morgan fingerprint density at radius 1 is 0.867 bits per heavy atom. The van der Waals surface area contributed by atoms with E-state index < -0.39 is 0 Å². The van der Waals surface area contributed by atoms with Crippen LogP contribution in [0, 0.1) is 5.82 Å². The van der Waals surface area contributed by atoms with Gasteiger partial charge in [0.05, 0.1) is 0 Å². The Labute approximate surface area is 177 Å². The lowest BCUT2D eigenvalue weighted by atomic mass is 9.95. The summed E-state index contributed by atoms with van der Waals surface area (Å²) >= 11 is 0. The summed E-state index contributed by atoms with van der Waals surface area (Å²) < 4.78 is 13.2. The van der Waals surface area contributed by atoms with Crippen LogP contribution in [0.5, 0.6) is 0 Å². The molecule has 1 saturated carbocycles. The van der Waals surface area contributed by atoms with Crippen molar-refractivity contribution in [1.29, 1.82) is 0 Å². The quantitative estimate of drug-likeness (QED) is 0.753. The Morgan fingerprint density at radius 2 is 1.53 bits per heavy atom. The van der Waals surface area contributed by atoms with Crippen LogP contribution >= 0.6 is 0 Å². The Bertz CT molecular complexity index is 902. The minimum atomic E-state index is -0.356. The molecule has 5 heteroatoms. The molecule has 0 radical (unpaired) electrons. The molecule has 2 amide bonds. The van der Waals surface area contributed by atoms with Crippen LogP contribution in [0.15, 0.2) is 42.5 Å². The van der Waals surface area contributed by atoms with Crippen molar-refractivity contribution in [2.45, 2.75) is 63.8 Å². The zero-order chi connectivity index (χ0) is 20.9. The van der Waals surface area contributed by atoms with Crippen molar-refractivity contribution >= 4 is 17.5 Å². The molecule has 0 aromatic heterocycles. The molecule has 1 aliphatic heterocycles. The molecule has 0 unspecified atom stereocenters. The van der Waals surface area contributed by atoms with E-state index in [9.17, 15) is 14.0 Å². The number of nitrogens with zero attached hydrogens (tertiary/aromatic N) is 1. The predicted octanol–water partition coefficient (Wildman–Crippen LogP) is 5.26. The zero-order valence-electron chi connectivity index (χ0n) is 17.3. The van der Waals surface area contributed by atoms with Gasteiger partial charge in [0, 0.05) is 29.4 Å². The first-order valence-corrected chi connectivity index (χ1v) is 11.1. The molecule has 0 atom stereocenters. The van der Waals surface area contributed by atoms with E-state index in [0.29, 0.717) is 17.7 Å². The Balaban J connectivity index is 1.49. The largest absolute Gasteiger partial charge is 0.349 e. The lowest BCUT2D eigenvalue weighted by Crippen LogP contribution is -2.37. The summed E-state index contributed by atoms with van der Waals surface area (Å²) in [5.74, 6) is -0.515. The second-order valence-electron chi connectivity index (χ2n) is 8.43. The molecule has 1 heterocycles. The third kappa shape index (κ3) is 4.72. The number of aryl methyl sites for hydroxylation is 1. The van der Waals surface area contributed by atoms with Gasteiger partial charge in [0.1, 0.15) is 5.82 Å². The van der Waals surface area contributed by atoms with Crippen molar-refractivity contribution < 1.29 is 14.0 Å². The second kappa shape index (κ2) is 9.41. The maximum absolute atomic E-state index is 13.2. The van der Waals surface area contributed by atoms with Crippen LogP contribution in [-0.4, -0.2) is 24.4 Å². The van der Waals surface area contributed by atoms with Crippen molar-refractivity contribution in [3.8, 4) is 0 Å². The van der Waals surface area contributed by atoms with Crippen LogP contribution in [0.2, 0.25) is 0 Å². The molecule has 4 nitrogen and oxygen atoms in total. The van der Waals surface area contributed by atoms with Crippen molar-refractivity contribution in [1.82, 2.24) is 5.32 Å². The summed E-state index contributed by atoms with van der Waals surface area (Å²) in [5, 5.41) is 3.22. The van der Waals surface area contributed by atoms with Crippen LogP contribution in [0.3, 0.4) is 0 Å². The summed E-state index contributed by atoms with van der Waals surface area (Å²) in [4.78, 5) is 27.5. The Morgan fingerprint density at radius 3 is 2.27 bits per heavy atom. The van der Waals surface area contributed by atoms with Gasteiger partial charge in [-0.1, -0.05) is 32.1 Å². The first-order chi connectivity index (χ1) is 14.6. The maximum Gasteiger partial charge on any atom is 0.258 e. The highest BCUT2D eigenvalue weighted by Gasteiger charge is 2.25. The van der Waals surface area contributed by atoms with Crippen LogP contribution < -0.4 is 10.2 Å². The number of hydrogen-bond acceptors (Lipinski definition) is 2. The minimum Gasteiger partial charge on any atom is -0.349 e. The number of rotatable bonds is 3. The first-order valence-electron chi connectivity index (χ1n) is 11.1. The normalized spacial score (nSPS) is 17.6. The third-order valence-corrected chi connectivity index (χ3v) is 6.24. The van der Waals surface area contributed by atoms with E-state index in [0.717, 1.165) is 36.9 Å². The molecule has 2 aromatic carbocycles. The molecule has 1 N–H and O–H groups in total. The predicted molar refractivity (Wildman–Crippen MR) is 116 cm³/mol. The van der Waals surface area contributed by atoms with Gasteiger partial charge in [-0.05, 0) is 73.7 Å². The van der Waals surface area contributed by atoms with Crippen LogP contribution in [0.25, 0.3) is 0 Å². The topological polar surface area (TPSA) is 49.4 Å². The number of benzene rings is 2. The summed E-state index contributed by atoms with van der Waals surface area (Å²) in [6.45, 7) is 0.622. The summed E-state index contributed by atoms with van der Waals surface area (Å²) in [5.41, 5.74) is 2.99. The zero-order valence-corrected chi connectivity index (χ0v) is 17.3. The molecular weight excluding hydrogens is 379 g/mol. The second-order valence-corrected chi connectivity index (χ2v) is 8.43. The molecule has 158 valence electrons. The lowest BCUT2D eigenvalue weighted by molar-refractivity contribution is 0.0929. The molecule has 1 fully saturated rings. The average molecular weight is 409 g/mol. The Kier molecular flexibility index (Phi) is 6.46. The van der Waals surface area contributed by atoms with E-state index in [-0.39, 0.29) is 23.7 Å². The van der Waals surface area contributed by atoms with Crippen molar-refractivity contribution in [3.63, 3.8) is 0 Å². The summed E-state index contributed by atoms with van der Waals surface area (Å²) in [7, 11) is 0. The molecule has 2 aliphatic rings. The van der Waals surface area contributed by atoms with Gasteiger partial charge in [0.15, 0.2) is 0 Å². The Hall–Kier alpha value is -2.69. The SMILES string of the molecule is O=C(NC1CCCCCCC1)c1ccc2c(c1)CCCN2C(=O)c1ccc(F)cc1. The van der Waals surface area contributed by atoms with Crippen molar-refractivity contribution in [2.24, 2.45) is 0 Å². The van der Waals surface area contributed by atoms with Crippen LogP contribution in [0.1, 0.15) is 77.6 Å². The van der Waals surface area contributed by atoms with E-state index >= 15 is 0 Å². The molecule has 0 bridgehead atoms. The number of carbonyl (C=O) groups excluding carboxylic acids is 2. The number of anilines is 1. The monoisotopic (exact) mass is 408 g/mol. The number of amides is 2. The van der Waals surface area contributed by atoms with Crippen LogP contribution in [0.4, 0.5) is 10.1 Å². The van der Waals surface area contributed by atoms with Gasteiger partial charge in [-0.3, -0.25) is 9.59 Å². The highest BCUT2D eigenvalue weighted by molar-refractivity contribution is 6.07. The first kappa shape index (κ1) is 20.6. The average Bonchev–Trinajstić information content (AvgIpc) is 2.74.